The first kappa shape index (κ1) is 18.3. The number of carbonyl (C=O) groups is 2. The fraction of sp³-hybridized carbons (Fsp3) is 0.810. The maximum absolute atomic E-state index is 14.4. The fourth-order valence-electron chi connectivity index (χ4n) is 7.28. The number of allylic oxidation sites excluding steroid dienone is 1. The zero-order valence-corrected chi connectivity index (χ0v) is 15.3. The highest BCUT2D eigenvalue weighted by atomic mass is 19.3. The zero-order valence-electron chi connectivity index (χ0n) is 15.3. The molecule has 0 amide bonds. The quantitative estimate of drug-likeness (QED) is 0.823. The highest BCUT2D eigenvalue weighted by molar-refractivity contribution is 5.91. The molecule has 4 aliphatic carbocycles. The summed E-state index contributed by atoms with van der Waals surface area (Å²) >= 11 is 0. The molecule has 0 heterocycles. The summed E-state index contributed by atoms with van der Waals surface area (Å²) in [5.41, 5.74) is -0.0757. The van der Waals surface area contributed by atoms with Crippen molar-refractivity contribution in [2.45, 2.75) is 64.7 Å². The molecule has 5 heteroatoms. The van der Waals surface area contributed by atoms with Crippen molar-refractivity contribution in [3.05, 3.63) is 11.6 Å². The van der Waals surface area contributed by atoms with Crippen molar-refractivity contribution in [1.29, 1.82) is 0 Å². The van der Waals surface area contributed by atoms with E-state index in [0.717, 1.165) is 19.3 Å². The first-order valence-electron chi connectivity index (χ1n) is 10.00. The van der Waals surface area contributed by atoms with Crippen molar-refractivity contribution in [3.8, 4) is 0 Å². The lowest BCUT2D eigenvalue weighted by Gasteiger charge is -2.58. The molecule has 3 saturated carbocycles. The van der Waals surface area contributed by atoms with E-state index in [-0.39, 0.29) is 23.0 Å². The minimum Gasteiger partial charge on any atom is -0.389 e. The van der Waals surface area contributed by atoms with Crippen LogP contribution in [-0.2, 0) is 9.59 Å². The Hall–Kier alpha value is -1.10. The lowest BCUT2D eigenvalue weighted by atomic mass is 9.46. The van der Waals surface area contributed by atoms with E-state index in [4.69, 9.17) is 0 Å². The molecule has 0 spiro atoms. The maximum Gasteiger partial charge on any atom is 0.245 e. The van der Waals surface area contributed by atoms with Gasteiger partial charge in [-0.15, -0.1) is 0 Å². The molecule has 144 valence electrons. The molecule has 0 unspecified atom stereocenters. The third-order valence-electron chi connectivity index (χ3n) is 8.50. The Balaban J connectivity index is 1.70. The van der Waals surface area contributed by atoms with Crippen molar-refractivity contribution in [3.63, 3.8) is 0 Å². The first-order chi connectivity index (χ1) is 12.3. The van der Waals surface area contributed by atoms with Crippen LogP contribution in [0.2, 0.25) is 0 Å². The number of aliphatic hydroxyl groups excluding tert-OH is 1. The second-order valence-corrected chi connectivity index (χ2v) is 9.17. The van der Waals surface area contributed by atoms with Crippen LogP contribution >= 0.6 is 0 Å². The van der Waals surface area contributed by atoms with E-state index in [1.165, 1.54) is 5.57 Å². The number of alkyl halides is 2. The molecule has 3 nitrogen and oxygen atoms in total. The second kappa shape index (κ2) is 6.22. The molecule has 6 atom stereocenters. The van der Waals surface area contributed by atoms with Crippen LogP contribution in [0.3, 0.4) is 0 Å². The van der Waals surface area contributed by atoms with Crippen LogP contribution in [0.4, 0.5) is 8.78 Å². The van der Waals surface area contributed by atoms with Crippen LogP contribution in [0.15, 0.2) is 11.6 Å². The second-order valence-electron chi connectivity index (χ2n) is 9.17. The molecule has 0 aromatic carbocycles. The number of halogens is 2. The van der Waals surface area contributed by atoms with Gasteiger partial charge in [-0.1, -0.05) is 12.5 Å². The van der Waals surface area contributed by atoms with Gasteiger partial charge in [0.2, 0.25) is 6.43 Å². The number of hydrogen-bond donors (Lipinski definition) is 1. The van der Waals surface area contributed by atoms with E-state index in [2.05, 4.69) is 6.92 Å². The Labute approximate surface area is 153 Å². The van der Waals surface area contributed by atoms with Gasteiger partial charge in [-0.25, -0.2) is 8.78 Å². The Kier molecular flexibility index (Phi) is 4.37. The predicted octanol–water partition coefficient (Wildman–Crippen LogP) is 3.94. The van der Waals surface area contributed by atoms with Crippen LogP contribution in [0.5, 0.6) is 0 Å². The van der Waals surface area contributed by atoms with Gasteiger partial charge in [0, 0.05) is 17.8 Å². The number of rotatable bonds is 3. The van der Waals surface area contributed by atoms with Crippen LogP contribution < -0.4 is 0 Å². The number of Topliss-reactive ketones (excluding diaryl/α,β-unsaturated/α-hetero) is 1. The van der Waals surface area contributed by atoms with Gasteiger partial charge in [0.1, 0.15) is 6.61 Å². The summed E-state index contributed by atoms with van der Waals surface area (Å²) in [7, 11) is 0. The molecule has 4 rings (SSSR count). The van der Waals surface area contributed by atoms with Gasteiger partial charge >= 0.3 is 0 Å². The first-order valence-corrected chi connectivity index (χ1v) is 10.00. The molecule has 0 aliphatic heterocycles. The minimum absolute atomic E-state index is 0.0514. The van der Waals surface area contributed by atoms with E-state index >= 15 is 0 Å². The molecule has 26 heavy (non-hydrogen) atoms. The van der Waals surface area contributed by atoms with E-state index in [1.54, 1.807) is 0 Å². The normalized spacial score (nSPS) is 45.0. The topological polar surface area (TPSA) is 54.4 Å². The van der Waals surface area contributed by atoms with E-state index in [1.807, 2.05) is 6.08 Å². The number of hydrogen-bond acceptors (Lipinski definition) is 3. The van der Waals surface area contributed by atoms with Crippen LogP contribution in [0, 0.1) is 34.5 Å². The number of fused-ring (bicyclic) bond motifs is 5. The Morgan fingerprint density at radius 3 is 2.65 bits per heavy atom. The largest absolute Gasteiger partial charge is 0.389 e. The van der Waals surface area contributed by atoms with Crippen LogP contribution in [-0.4, -0.2) is 29.7 Å². The lowest BCUT2D eigenvalue weighted by Crippen LogP contribution is -2.54. The van der Waals surface area contributed by atoms with Gasteiger partial charge in [-0.2, -0.15) is 0 Å². The van der Waals surface area contributed by atoms with Crippen molar-refractivity contribution in [2.24, 2.45) is 34.5 Å². The van der Waals surface area contributed by atoms with E-state index in [0.29, 0.717) is 38.0 Å². The van der Waals surface area contributed by atoms with E-state index < -0.39 is 30.1 Å². The summed E-state index contributed by atoms with van der Waals surface area (Å²) in [4.78, 5) is 24.1. The van der Waals surface area contributed by atoms with Gasteiger partial charge < -0.3 is 5.11 Å². The SMILES string of the molecule is C[C@]12CCC(=O)C=C1CC[C@H]1[C@@H]3CC[C@H](C(=O)CO)[C@@]3(C(F)F)CC[C@@H]12. The monoisotopic (exact) mass is 366 g/mol. The van der Waals surface area contributed by atoms with Crippen molar-refractivity contribution < 1.29 is 23.5 Å². The Morgan fingerprint density at radius 1 is 1.19 bits per heavy atom. The minimum atomic E-state index is -2.52. The summed E-state index contributed by atoms with van der Waals surface area (Å²) in [6, 6.07) is 0. The maximum atomic E-state index is 14.4. The molecule has 0 aromatic heterocycles. The van der Waals surface area contributed by atoms with Gasteiger partial charge in [0.15, 0.2) is 11.6 Å². The molecule has 3 fully saturated rings. The predicted molar refractivity (Wildman–Crippen MR) is 92.6 cm³/mol. The third-order valence-corrected chi connectivity index (χ3v) is 8.50. The van der Waals surface area contributed by atoms with E-state index in [9.17, 15) is 23.5 Å². The van der Waals surface area contributed by atoms with Gasteiger partial charge in [-0.05, 0) is 74.2 Å². The highest BCUT2D eigenvalue weighted by Crippen LogP contribution is 2.68. The van der Waals surface area contributed by atoms with Gasteiger partial charge in [-0.3, -0.25) is 9.59 Å². The smallest absolute Gasteiger partial charge is 0.245 e. The molecule has 0 saturated heterocycles. The molecule has 0 aromatic rings. The van der Waals surface area contributed by atoms with Crippen LogP contribution in [0.1, 0.15) is 58.3 Å². The molecule has 0 radical (unpaired) electrons. The summed E-state index contributed by atoms with van der Waals surface area (Å²) in [5.74, 6) is -0.519. The summed E-state index contributed by atoms with van der Waals surface area (Å²) in [5, 5.41) is 9.30. The Morgan fingerprint density at radius 2 is 1.96 bits per heavy atom. The van der Waals surface area contributed by atoms with Crippen LogP contribution in [0.25, 0.3) is 0 Å². The molecule has 4 aliphatic rings. The number of aliphatic hydroxyl groups is 1. The molecular weight excluding hydrogens is 338 g/mol. The van der Waals surface area contributed by atoms with Gasteiger partial charge in [0.25, 0.3) is 0 Å². The average Bonchev–Trinajstić information content (AvgIpc) is 3.02. The fourth-order valence-corrected chi connectivity index (χ4v) is 7.28. The zero-order chi connectivity index (χ0) is 18.7. The van der Waals surface area contributed by atoms with Crippen molar-refractivity contribution in [2.75, 3.05) is 6.61 Å². The summed E-state index contributed by atoms with van der Waals surface area (Å²) in [6.07, 6.45) is 4.55. The standard InChI is InChI=1S/C21H28F2O3/c1-20-8-6-13(25)10-12(20)2-3-14-15(20)7-9-21(19(22)23)16(14)4-5-17(21)18(26)11-24/h10,14-17,19,24H,2-9,11H2,1H3/t14-,15+,16+,17-,20+,21-/m1/s1. The Bertz CT molecular complexity index is 658. The van der Waals surface area contributed by atoms with Gasteiger partial charge in [0.05, 0.1) is 0 Å². The summed E-state index contributed by atoms with van der Waals surface area (Å²) in [6.45, 7) is 1.59. The molecule has 0 bridgehead atoms. The third kappa shape index (κ3) is 2.31. The number of carbonyl (C=O) groups excluding carboxylic acids is 2. The van der Waals surface area contributed by atoms with Crippen molar-refractivity contribution in [1.82, 2.24) is 0 Å². The molecule has 1 N–H and O–H groups in total. The molecular formula is C21H28F2O3. The average molecular weight is 366 g/mol. The summed E-state index contributed by atoms with van der Waals surface area (Å²) < 4.78 is 28.7. The number of ketones is 2. The van der Waals surface area contributed by atoms with Crippen molar-refractivity contribution >= 4 is 11.6 Å². The highest BCUT2D eigenvalue weighted by Gasteiger charge is 2.65. The lowest BCUT2D eigenvalue weighted by molar-refractivity contribution is -0.156.